The van der Waals surface area contributed by atoms with Crippen LogP contribution in [-0.4, -0.2) is 17.4 Å². The number of oxime groups is 1. The molecule has 1 fully saturated rings. The summed E-state index contributed by atoms with van der Waals surface area (Å²) in [4.78, 5) is 5.35. The molecule has 0 radical (unpaired) electrons. The van der Waals surface area contributed by atoms with E-state index in [1.165, 1.54) is 0 Å². The molecule has 0 aromatic heterocycles. The first-order valence-electron chi connectivity index (χ1n) is 4.97. The molecule has 1 rings (SSSR count). The monoisotopic (exact) mass is 220 g/mol. The minimum atomic E-state index is -0.174. The second kappa shape index (κ2) is 5.56. The lowest BCUT2D eigenvalue weighted by molar-refractivity contribution is -0.0000552. The largest absolute Gasteiger partial charge is 0.390 e. The van der Waals surface area contributed by atoms with Crippen molar-refractivity contribution >= 4 is 18.1 Å². The molecule has 0 saturated heterocycles. The van der Waals surface area contributed by atoms with Gasteiger partial charge in [-0.05, 0) is 46.5 Å². The lowest BCUT2D eigenvalue weighted by Crippen LogP contribution is -2.27. The molecule has 14 heavy (non-hydrogen) atoms. The molecule has 4 heteroatoms. The smallest absolute Gasteiger partial charge is 0.129 e. The Morgan fingerprint density at radius 3 is 2.21 bits per heavy atom. The summed E-state index contributed by atoms with van der Waals surface area (Å²) < 4.78 is 0. The van der Waals surface area contributed by atoms with Gasteiger partial charge in [0.05, 0.1) is 5.71 Å². The number of halogens is 1. The highest BCUT2D eigenvalue weighted by Crippen LogP contribution is 2.16. The molecule has 1 aliphatic carbocycles. The Bertz CT molecular complexity index is 189. The van der Waals surface area contributed by atoms with Crippen molar-refractivity contribution in [2.45, 2.75) is 58.1 Å². The van der Waals surface area contributed by atoms with E-state index in [4.69, 9.17) is 10.6 Å². The molecule has 1 aliphatic rings. The zero-order valence-corrected chi connectivity index (χ0v) is 10.1. The van der Waals surface area contributed by atoms with Crippen molar-refractivity contribution in [2.75, 3.05) is 0 Å². The van der Waals surface area contributed by atoms with E-state index in [-0.39, 0.29) is 18.0 Å². The average Bonchev–Trinajstić information content (AvgIpc) is 2.02. The summed E-state index contributed by atoms with van der Waals surface area (Å²) in [6.45, 7) is 6.02. The third-order valence-electron chi connectivity index (χ3n) is 2.06. The Kier molecular flexibility index (Phi) is 5.45. The van der Waals surface area contributed by atoms with Crippen molar-refractivity contribution in [2.24, 2.45) is 10.9 Å². The highest BCUT2D eigenvalue weighted by atomic mass is 35.5. The van der Waals surface area contributed by atoms with Gasteiger partial charge in [-0.1, -0.05) is 5.16 Å². The van der Waals surface area contributed by atoms with Gasteiger partial charge in [0.2, 0.25) is 0 Å². The first-order valence-corrected chi connectivity index (χ1v) is 4.97. The lowest BCUT2D eigenvalue weighted by Gasteiger charge is -2.21. The maximum absolute atomic E-state index is 5.78. The van der Waals surface area contributed by atoms with Crippen molar-refractivity contribution in [3.63, 3.8) is 0 Å². The van der Waals surface area contributed by atoms with Crippen LogP contribution in [0.1, 0.15) is 46.5 Å². The van der Waals surface area contributed by atoms with Gasteiger partial charge in [0.15, 0.2) is 0 Å². The van der Waals surface area contributed by atoms with Crippen molar-refractivity contribution in [1.29, 1.82) is 0 Å². The molecule has 0 aromatic carbocycles. The topological polar surface area (TPSA) is 47.6 Å². The molecule has 1 saturated carbocycles. The van der Waals surface area contributed by atoms with Crippen LogP contribution in [0.5, 0.6) is 0 Å². The zero-order valence-electron chi connectivity index (χ0n) is 9.25. The van der Waals surface area contributed by atoms with Gasteiger partial charge in [-0.25, -0.2) is 0 Å². The fourth-order valence-corrected chi connectivity index (χ4v) is 1.27. The molecule has 0 heterocycles. The Hall–Kier alpha value is -0.280. The summed E-state index contributed by atoms with van der Waals surface area (Å²) in [5, 5.41) is 4.15. The Balaban J connectivity index is 0.00000169. The molecule has 0 amide bonds. The number of hydrogen-bond acceptors (Lipinski definition) is 3. The van der Waals surface area contributed by atoms with Crippen molar-refractivity contribution < 1.29 is 4.84 Å². The van der Waals surface area contributed by atoms with E-state index in [0.29, 0.717) is 6.04 Å². The number of rotatable bonds is 1. The summed E-state index contributed by atoms with van der Waals surface area (Å²) >= 11 is 0. The molecule has 0 spiro atoms. The third-order valence-corrected chi connectivity index (χ3v) is 2.06. The summed E-state index contributed by atoms with van der Waals surface area (Å²) in [6, 6.07) is 0.369. The van der Waals surface area contributed by atoms with Gasteiger partial charge < -0.3 is 10.6 Å². The molecule has 3 nitrogen and oxygen atoms in total. The Morgan fingerprint density at radius 2 is 1.79 bits per heavy atom. The summed E-state index contributed by atoms with van der Waals surface area (Å²) in [5.41, 5.74) is 6.77. The maximum Gasteiger partial charge on any atom is 0.129 e. The second-order valence-electron chi connectivity index (χ2n) is 4.70. The molecule has 0 unspecified atom stereocenters. The third kappa shape index (κ3) is 5.45. The first-order chi connectivity index (χ1) is 5.97. The summed E-state index contributed by atoms with van der Waals surface area (Å²) in [7, 11) is 0. The minimum absolute atomic E-state index is 0. The van der Waals surface area contributed by atoms with E-state index in [2.05, 4.69) is 5.16 Å². The fraction of sp³-hybridized carbons (Fsp3) is 0.900. The predicted molar refractivity (Wildman–Crippen MR) is 62.0 cm³/mol. The molecule has 2 N–H and O–H groups in total. The predicted octanol–water partition coefficient (Wildman–Crippen LogP) is 2.48. The molecular formula is C10H21ClN2O. The standard InChI is InChI=1S/C10H20N2O.ClH/c1-10(2,3)13-12-9-6-4-8(11)5-7-9;/h8H,4-7,11H2,1-3H3;1H. The average molecular weight is 221 g/mol. The minimum Gasteiger partial charge on any atom is -0.390 e. The van der Waals surface area contributed by atoms with Crippen molar-refractivity contribution in [3.8, 4) is 0 Å². The number of nitrogens with two attached hydrogens (primary N) is 1. The number of hydrogen-bond donors (Lipinski definition) is 1. The Labute approximate surface area is 92.5 Å². The van der Waals surface area contributed by atoms with Gasteiger partial charge in [0.1, 0.15) is 5.60 Å². The van der Waals surface area contributed by atoms with E-state index in [1.54, 1.807) is 0 Å². The van der Waals surface area contributed by atoms with Gasteiger partial charge in [-0.3, -0.25) is 0 Å². The van der Waals surface area contributed by atoms with Crippen LogP contribution in [0.25, 0.3) is 0 Å². The van der Waals surface area contributed by atoms with Crippen LogP contribution in [-0.2, 0) is 4.84 Å². The van der Waals surface area contributed by atoms with Crippen LogP contribution in [0.15, 0.2) is 5.16 Å². The van der Waals surface area contributed by atoms with Crippen LogP contribution in [0, 0.1) is 0 Å². The summed E-state index contributed by atoms with van der Waals surface area (Å²) in [6.07, 6.45) is 4.09. The van der Waals surface area contributed by atoms with Crippen LogP contribution in [0.4, 0.5) is 0 Å². The van der Waals surface area contributed by atoms with E-state index in [0.717, 1.165) is 31.4 Å². The second-order valence-corrected chi connectivity index (χ2v) is 4.70. The molecule has 0 bridgehead atoms. The van der Waals surface area contributed by atoms with Gasteiger partial charge in [-0.15, -0.1) is 12.4 Å². The Morgan fingerprint density at radius 1 is 1.29 bits per heavy atom. The fourth-order valence-electron chi connectivity index (χ4n) is 1.27. The number of nitrogens with zero attached hydrogens (tertiary/aromatic N) is 1. The van der Waals surface area contributed by atoms with E-state index in [1.807, 2.05) is 20.8 Å². The van der Waals surface area contributed by atoms with Gasteiger partial charge >= 0.3 is 0 Å². The van der Waals surface area contributed by atoms with Crippen LogP contribution in [0.3, 0.4) is 0 Å². The molecule has 0 aromatic rings. The first kappa shape index (κ1) is 13.7. The van der Waals surface area contributed by atoms with E-state index >= 15 is 0 Å². The van der Waals surface area contributed by atoms with Crippen molar-refractivity contribution in [1.82, 2.24) is 0 Å². The zero-order chi connectivity index (χ0) is 9.90. The molecule has 0 aliphatic heterocycles. The quantitative estimate of drug-likeness (QED) is 0.691. The molecular weight excluding hydrogens is 200 g/mol. The SMILES string of the molecule is CC(C)(C)ON=C1CCC(N)CC1.Cl. The summed E-state index contributed by atoms with van der Waals surface area (Å²) in [5.74, 6) is 0. The van der Waals surface area contributed by atoms with Crippen LogP contribution in [0.2, 0.25) is 0 Å². The normalized spacial score (nSPS) is 22.6. The van der Waals surface area contributed by atoms with Crippen molar-refractivity contribution in [3.05, 3.63) is 0 Å². The van der Waals surface area contributed by atoms with E-state index < -0.39 is 0 Å². The molecule has 0 atom stereocenters. The van der Waals surface area contributed by atoms with E-state index in [9.17, 15) is 0 Å². The van der Waals surface area contributed by atoms with Crippen LogP contribution < -0.4 is 5.73 Å². The van der Waals surface area contributed by atoms with Crippen LogP contribution >= 0.6 is 12.4 Å². The van der Waals surface area contributed by atoms with Gasteiger partial charge in [0.25, 0.3) is 0 Å². The lowest BCUT2D eigenvalue weighted by atomic mass is 9.95. The van der Waals surface area contributed by atoms with Gasteiger partial charge in [-0.2, -0.15) is 0 Å². The molecule has 84 valence electrons. The van der Waals surface area contributed by atoms with Gasteiger partial charge in [0, 0.05) is 6.04 Å². The highest BCUT2D eigenvalue weighted by molar-refractivity contribution is 5.85. The maximum atomic E-state index is 5.78. The highest BCUT2D eigenvalue weighted by Gasteiger charge is 2.16.